The fourth-order valence-corrected chi connectivity index (χ4v) is 2.67. The van der Waals surface area contributed by atoms with Crippen molar-refractivity contribution in [2.75, 3.05) is 19.5 Å². The Balaban J connectivity index is 2.00. The van der Waals surface area contributed by atoms with Gasteiger partial charge in [-0.25, -0.2) is 9.78 Å². The molecule has 0 aliphatic carbocycles. The van der Waals surface area contributed by atoms with Gasteiger partial charge in [0.05, 0.1) is 25.2 Å². The first-order valence-electron chi connectivity index (χ1n) is 7.98. The highest BCUT2D eigenvalue weighted by Crippen LogP contribution is 2.33. The van der Waals surface area contributed by atoms with Crippen molar-refractivity contribution in [3.05, 3.63) is 56.4 Å². The van der Waals surface area contributed by atoms with Crippen LogP contribution in [0.25, 0.3) is 11.0 Å². The molecule has 3 rings (SSSR count). The van der Waals surface area contributed by atoms with Crippen LogP contribution in [0.15, 0.2) is 34.0 Å². The van der Waals surface area contributed by atoms with Gasteiger partial charge in [-0.15, -0.1) is 0 Å². The maximum atomic E-state index is 12.6. The van der Waals surface area contributed by atoms with Crippen LogP contribution in [0.5, 0.6) is 11.5 Å². The molecule has 3 aromatic rings. The highest BCUT2D eigenvalue weighted by Gasteiger charge is 2.15. The number of hydrogen-bond acceptors (Lipinski definition) is 6. The van der Waals surface area contributed by atoms with Gasteiger partial charge in [-0.05, 0) is 24.6 Å². The number of H-pyrrole nitrogens is 1. The number of methoxy groups -OCH3 is 2. The normalized spacial score (nSPS) is 10.7. The van der Waals surface area contributed by atoms with E-state index in [0.717, 1.165) is 5.56 Å². The number of nitrogens with one attached hydrogen (secondary N) is 2. The van der Waals surface area contributed by atoms with E-state index in [1.165, 1.54) is 38.1 Å². The van der Waals surface area contributed by atoms with Gasteiger partial charge in [0.25, 0.3) is 11.5 Å². The Labute approximate surface area is 153 Å². The standard InChI is InChI=1S/C18H18N4O5/c1-9-5-13(26-3)14(27-4)7-12(9)20-16(23)10-6-11-15(19-8-10)22(2)18(25)21-17(11)24/h5-8H,1-4H3,(H,20,23)(H,21,24,25). The summed E-state index contributed by atoms with van der Waals surface area (Å²) in [5.74, 6) is 0.572. The molecule has 0 fully saturated rings. The van der Waals surface area contributed by atoms with Gasteiger partial charge >= 0.3 is 5.69 Å². The summed E-state index contributed by atoms with van der Waals surface area (Å²) >= 11 is 0. The number of aromatic nitrogens is 3. The van der Waals surface area contributed by atoms with E-state index in [1.807, 2.05) is 6.92 Å². The molecule has 9 nitrogen and oxygen atoms in total. The molecule has 0 saturated heterocycles. The van der Waals surface area contributed by atoms with Crippen LogP contribution in [0.2, 0.25) is 0 Å². The Morgan fingerprint density at radius 1 is 1.15 bits per heavy atom. The fraction of sp³-hybridized carbons (Fsp3) is 0.222. The van der Waals surface area contributed by atoms with Gasteiger partial charge in [0.15, 0.2) is 11.5 Å². The van der Waals surface area contributed by atoms with Gasteiger partial charge in [-0.1, -0.05) is 0 Å². The quantitative estimate of drug-likeness (QED) is 0.713. The number of anilines is 1. The minimum Gasteiger partial charge on any atom is -0.493 e. The lowest BCUT2D eigenvalue weighted by atomic mass is 10.1. The second-order valence-electron chi connectivity index (χ2n) is 5.89. The largest absolute Gasteiger partial charge is 0.493 e. The number of nitrogens with zero attached hydrogens (tertiary/aromatic N) is 2. The van der Waals surface area contributed by atoms with Crippen molar-refractivity contribution in [3.8, 4) is 11.5 Å². The molecule has 0 unspecified atom stereocenters. The van der Waals surface area contributed by atoms with E-state index in [1.54, 1.807) is 12.1 Å². The zero-order valence-corrected chi connectivity index (χ0v) is 15.2. The van der Waals surface area contributed by atoms with Crippen LogP contribution in [0.3, 0.4) is 0 Å². The summed E-state index contributed by atoms with van der Waals surface area (Å²) in [7, 11) is 4.52. The first-order chi connectivity index (χ1) is 12.8. The predicted molar refractivity (Wildman–Crippen MR) is 99.8 cm³/mol. The fourth-order valence-electron chi connectivity index (χ4n) is 2.67. The minimum absolute atomic E-state index is 0.147. The molecule has 2 N–H and O–H groups in total. The monoisotopic (exact) mass is 370 g/mol. The Morgan fingerprint density at radius 2 is 1.81 bits per heavy atom. The van der Waals surface area contributed by atoms with Crippen LogP contribution in [0, 0.1) is 6.92 Å². The molecule has 0 radical (unpaired) electrons. The van der Waals surface area contributed by atoms with E-state index in [0.29, 0.717) is 17.2 Å². The number of ether oxygens (including phenoxy) is 2. The molecule has 2 aromatic heterocycles. The molecule has 1 aromatic carbocycles. The molecule has 27 heavy (non-hydrogen) atoms. The van der Waals surface area contributed by atoms with Crippen molar-refractivity contribution < 1.29 is 14.3 Å². The van der Waals surface area contributed by atoms with Crippen LogP contribution < -0.4 is 26.0 Å². The Morgan fingerprint density at radius 3 is 2.48 bits per heavy atom. The first kappa shape index (κ1) is 18.2. The maximum absolute atomic E-state index is 12.6. The predicted octanol–water partition coefficient (Wildman–Crippen LogP) is 1.20. The zero-order valence-electron chi connectivity index (χ0n) is 15.2. The van der Waals surface area contributed by atoms with Crippen molar-refractivity contribution in [3.63, 3.8) is 0 Å². The van der Waals surface area contributed by atoms with Crippen molar-refractivity contribution in [1.29, 1.82) is 0 Å². The lowest BCUT2D eigenvalue weighted by Gasteiger charge is -2.13. The van der Waals surface area contributed by atoms with Gasteiger partial charge in [0, 0.05) is 25.0 Å². The van der Waals surface area contributed by atoms with Gasteiger partial charge in [0.1, 0.15) is 5.65 Å². The topological polar surface area (TPSA) is 115 Å². The number of aromatic amines is 1. The number of fused-ring (bicyclic) bond motifs is 1. The van der Waals surface area contributed by atoms with Crippen molar-refractivity contribution in [2.45, 2.75) is 6.92 Å². The number of benzene rings is 1. The Kier molecular flexibility index (Phi) is 4.68. The van der Waals surface area contributed by atoms with Crippen LogP contribution in [-0.4, -0.2) is 34.7 Å². The number of hydrogen-bond donors (Lipinski definition) is 2. The molecule has 2 heterocycles. The van der Waals surface area contributed by atoms with E-state index < -0.39 is 17.2 Å². The molecule has 0 bridgehead atoms. The first-order valence-corrected chi connectivity index (χ1v) is 7.98. The van der Waals surface area contributed by atoms with Crippen LogP contribution in [-0.2, 0) is 7.05 Å². The smallest absolute Gasteiger partial charge is 0.329 e. The van der Waals surface area contributed by atoms with E-state index in [-0.39, 0.29) is 16.6 Å². The lowest BCUT2D eigenvalue weighted by molar-refractivity contribution is 0.102. The van der Waals surface area contributed by atoms with Gasteiger partial charge < -0.3 is 14.8 Å². The molecule has 1 amide bonds. The number of amides is 1. The average Bonchev–Trinajstić information content (AvgIpc) is 2.66. The maximum Gasteiger partial charge on any atom is 0.329 e. The Hall–Kier alpha value is -3.62. The van der Waals surface area contributed by atoms with Gasteiger partial charge in [-0.2, -0.15) is 0 Å². The second kappa shape index (κ2) is 6.94. The third-order valence-corrected chi connectivity index (χ3v) is 4.20. The molecule has 0 aliphatic rings. The number of aryl methyl sites for hydroxylation is 2. The minimum atomic E-state index is -0.599. The van der Waals surface area contributed by atoms with Crippen LogP contribution >= 0.6 is 0 Å². The highest BCUT2D eigenvalue weighted by molar-refractivity contribution is 6.06. The molecule has 0 spiro atoms. The van der Waals surface area contributed by atoms with E-state index in [4.69, 9.17) is 9.47 Å². The summed E-state index contributed by atoms with van der Waals surface area (Å²) < 4.78 is 11.7. The summed E-state index contributed by atoms with van der Waals surface area (Å²) in [4.78, 5) is 42.5. The summed E-state index contributed by atoms with van der Waals surface area (Å²) in [5.41, 5.74) is 0.515. The van der Waals surface area contributed by atoms with E-state index in [2.05, 4.69) is 15.3 Å². The number of carbonyl (C=O) groups excluding carboxylic acids is 1. The summed E-state index contributed by atoms with van der Waals surface area (Å²) in [6, 6.07) is 4.79. The van der Waals surface area contributed by atoms with Crippen LogP contribution in [0.4, 0.5) is 5.69 Å². The average molecular weight is 370 g/mol. The molecule has 0 aliphatic heterocycles. The Bertz CT molecular complexity index is 1160. The summed E-state index contributed by atoms with van der Waals surface area (Å²) in [6.07, 6.45) is 1.31. The third-order valence-electron chi connectivity index (χ3n) is 4.20. The number of carbonyl (C=O) groups is 1. The van der Waals surface area contributed by atoms with Crippen molar-refractivity contribution >= 4 is 22.6 Å². The van der Waals surface area contributed by atoms with Gasteiger partial charge in [0.2, 0.25) is 0 Å². The molecule has 0 atom stereocenters. The summed E-state index contributed by atoms with van der Waals surface area (Å²) in [6.45, 7) is 1.82. The summed E-state index contributed by atoms with van der Waals surface area (Å²) in [5, 5.41) is 2.91. The van der Waals surface area contributed by atoms with E-state index >= 15 is 0 Å². The lowest BCUT2D eigenvalue weighted by Crippen LogP contribution is -2.29. The highest BCUT2D eigenvalue weighted by atomic mass is 16.5. The van der Waals surface area contributed by atoms with Crippen molar-refractivity contribution in [2.24, 2.45) is 7.05 Å². The molecular weight excluding hydrogens is 352 g/mol. The molecule has 9 heteroatoms. The molecule has 140 valence electrons. The van der Waals surface area contributed by atoms with E-state index in [9.17, 15) is 14.4 Å². The number of pyridine rings is 1. The molecule has 0 saturated carbocycles. The number of rotatable bonds is 4. The van der Waals surface area contributed by atoms with Crippen molar-refractivity contribution in [1.82, 2.24) is 14.5 Å². The van der Waals surface area contributed by atoms with Gasteiger partial charge in [-0.3, -0.25) is 19.1 Å². The zero-order chi connectivity index (χ0) is 19.7. The second-order valence-corrected chi connectivity index (χ2v) is 5.89. The molecular formula is C18H18N4O5. The van der Waals surface area contributed by atoms with Crippen LogP contribution in [0.1, 0.15) is 15.9 Å². The third kappa shape index (κ3) is 3.26. The SMILES string of the molecule is COc1cc(C)c(NC(=O)c2cnc3c(c2)c(=O)[nH]c(=O)n3C)cc1OC.